The Kier molecular flexibility index (Phi) is 4.05. The number of hydrogen-bond donors (Lipinski definition) is 0. The van der Waals surface area contributed by atoms with E-state index in [1.165, 1.54) is 0 Å². The summed E-state index contributed by atoms with van der Waals surface area (Å²) in [6.45, 7) is 0.712. The minimum absolute atomic E-state index is 0.143. The number of morpholine rings is 1. The molecular weight excluding hydrogens is 282 g/mol. The largest absolute Gasteiger partial charge is 0.496 e. The average Bonchev–Trinajstić information content (AvgIpc) is 2.58. The van der Waals surface area contributed by atoms with Gasteiger partial charge < -0.3 is 14.4 Å². The summed E-state index contributed by atoms with van der Waals surface area (Å²) in [4.78, 5) is 27.2. The SMILES string of the molecule is COc1ccccc1C(=O)N1CCOC(=O)C12CCCCC2. The van der Waals surface area contributed by atoms with Crippen molar-refractivity contribution in [2.75, 3.05) is 20.3 Å². The molecule has 1 amide bonds. The van der Waals surface area contributed by atoms with Crippen LogP contribution in [-0.2, 0) is 9.53 Å². The van der Waals surface area contributed by atoms with Gasteiger partial charge in [0.05, 0.1) is 19.2 Å². The van der Waals surface area contributed by atoms with Gasteiger partial charge in [0.2, 0.25) is 0 Å². The summed E-state index contributed by atoms with van der Waals surface area (Å²) < 4.78 is 10.6. The molecule has 0 bridgehead atoms. The second-order valence-corrected chi connectivity index (χ2v) is 5.89. The molecule has 2 fully saturated rings. The molecule has 1 aliphatic carbocycles. The second kappa shape index (κ2) is 5.99. The highest BCUT2D eigenvalue weighted by Gasteiger charge is 2.50. The van der Waals surface area contributed by atoms with Crippen molar-refractivity contribution in [3.8, 4) is 5.75 Å². The van der Waals surface area contributed by atoms with E-state index in [0.717, 1.165) is 19.3 Å². The molecule has 1 saturated carbocycles. The van der Waals surface area contributed by atoms with E-state index in [0.29, 0.717) is 30.7 Å². The van der Waals surface area contributed by atoms with E-state index in [4.69, 9.17) is 9.47 Å². The minimum Gasteiger partial charge on any atom is -0.496 e. The molecule has 5 nitrogen and oxygen atoms in total. The zero-order valence-electron chi connectivity index (χ0n) is 12.8. The van der Waals surface area contributed by atoms with Gasteiger partial charge in [-0.2, -0.15) is 0 Å². The average molecular weight is 303 g/mol. The van der Waals surface area contributed by atoms with Crippen molar-refractivity contribution < 1.29 is 19.1 Å². The van der Waals surface area contributed by atoms with Crippen molar-refractivity contribution in [2.45, 2.75) is 37.6 Å². The van der Waals surface area contributed by atoms with E-state index in [1.54, 1.807) is 24.1 Å². The molecule has 0 N–H and O–H groups in total. The van der Waals surface area contributed by atoms with Crippen molar-refractivity contribution in [3.05, 3.63) is 29.8 Å². The van der Waals surface area contributed by atoms with E-state index < -0.39 is 5.54 Å². The number of carbonyl (C=O) groups is 2. The van der Waals surface area contributed by atoms with Gasteiger partial charge in [-0.3, -0.25) is 4.79 Å². The van der Waals surface area contributed by atoms with Crippen LogP contribution in [0.25, 0.3) is 0 Å². The van der Waals surface area contributed by atoms with Gasteiger partial charge in [0, 0.05) is 0 Å². The minimum atomic E-state index is -0.783. The van der Waals surface area contributed by atoms with Crippen LogP contribution in [0.2, 0.25) is 0 Å². The number of hydrogen-bond acceptors (Lipinski definition) is 4. The Labute approximate surface area is 130 Å². The Morgan fingerprint density at radius 1 is 1.23 bits per heavy atom. The van der Waals surface area contributed by atoms with Crippen molar-refractivity contribution >= 4 is 11.9 Å². The molecule has 0 aromatic heterocycles. The van der Waals surface area contributed by atoms with E-state index in [2.05, 4.69) is 0 Å². The first-order valence-electron chi connectivity index (χ1n) is 7.81. The topological polar surface area (TPSA) is 55.8 Å². The molecule has 1 aliphatic heterocycles. The lowest BCUT2D eigenvalue weighted by molar-refractivity contribution is -0.168. The number of amides is 1. The van der Waals surface area contributed by atoms with Crippen molar-refractivity contribution in [3.63, 3.8) is 0 Å². The van der Waals surface area contributed by atoms with Gasteiger partial charge >= 0.3 is 5.97 Å². The van der Waals surface area contributed by atoms with E-state index in [1.807, 2.05) is 12.1 Å². The summed E-state index contributed by atoms with van der Waals surface area (Å²) >= 11 is 0. The van der Waals surface area contributed by atoms with Crippen LogP contribution in [0.3, 0.4) is 0 Å². The summed E-state index contributed by atoms with van der Waals surface area (Å²) in [7, 11) is 1.55. The van der Waals surface area contributed by atoms with Gasteiger partial charge in [-0.15, -0.1) is 0 Å². The first-order chi connectivity index (χ1) is 10.7. The molecule has 1 heterocycles. The molecule has 0 radical (unpaired) electrons. The molecule has 118 valence electrons. The molecule has 1 aromatic carbocycles. The van der Waals surface area contributed by atoms with Gasteiger partial charge in [-0.1, -0.05) is 31.4 Å². The number of rotatable bonds is 2. The molecule has 22 heavy (non-hydrogen) atoms. The van der Waals surface area contributed by atoms with Crippen LogP contribution in [-0.4, -0.2) is 42.6 Å². The fourth-order valence-electron chi connectivity index (χ4n) is 3.56. The summed E-state index contributed by atoms with van der Waals surface area (Å²) in [5.41, 5.74) is -0.279. The number of carbonyl (C=O) groups excluding carboxylic acids is 2. The lowest BCUT2D eigenvalue weighted by Crippen LogP contribution is -2.62. The first-order valence-corrected chi connectivity index (χ1v) is 7.81. The molecule has 5 heteroatoms. The third kappa shape index (κ3) is 2.34. The molecule has 0 atom stereocenters. The Morgan fingerprint density at radius 3 is 2.68 bits per heavy atom. The molecule has 1 aromatic rings. The summed E-state index contributed by atoms with van der Waals surface area (Å²) in [5, 5.41) is 0. The fourth-order valence-corrected chi connectivity index (χ4v) is 3.56. The number of esters is 1. The number of cyclic esters (lactones) is 1. The predicted octanol–water partition coefficient (Wildman–Crippen LogP) is 2.40. The highest BCUT2D eigenvalue weighted by atomic mass is 16.5. The quantitative estimate of drug-likeness (QED) is 0.787. The predicted molar refractivity (Wildman–Crippen MR) is 80.8 cm³/mol. The Balaban J connectivity index is 1.97. The third-order valence-electron chi connectivity index (χ3n) is 4.71. The maximum atomic E-state index is 13.0. The van der Waals surface area contributed by atoms with E-state index >= 15 is 0 Å². The van der Waals surface area contributed by atoms with Gasteiger partial charge in [0.15, 0.2) is 0 Å². The maximum absolute atomic E-state index is 13.0. The molecule has 2 aliphatic rings. The number of methoxy groups -OCH3 is 1. The zero-order valence-corrected chi connectivity index (χ0v) is 12.8. The number of nitrogens with zero attached hydrogens (tertiary/aromatic N) is 1. The highest BCUT2D eigenvalue weighted by Crippen LogP contribution is 2.38. The van der Waals surface area contributed by atoms with Crippen LogP contribution in [0.1, 0.15) is 42.5 Å². The van der Waals surface area contributed by atoms with Gasteiger partial charge in [-0.05, 0) is 25.0 Å². The molecule has 3 rings (SSSR count). The molecule has 1 saturated heterocycles. The smallest absolute Gasteiger partial charge is 0.332 e. The van der Waals surface area contributed by atoms with Crippen molar-refractivity contribution in [1.29, 1.82) is 0 Å². The third-order valence-corrected chi connectivity index (χ3v) is 4.71. The Morgan fingerprint density at radius 2 is 1.95 bits per heavy atom. The van der Waals surface area contributed by atoms with E-state index in [-0.39, 0.29) is 18.5 Å². The first kappa shape index (κ1) is 14.9. The zero-order chi connectivity index (χ0) is 15.6. The van der Waals surface area contributed by atoms with Crippen LogP contribution >= 0.6 is 0 Å². The van der Waals surface area contributed by atoms with E-state index in [9.17, 15) is 9.59 Å². The highest BCUT2D eigenvalue weighted by molar-refractivity contribution is 6.00. The lowest BCUT2D eigenvalue weighted by Gasteiger charge is -2.47. The lowest BCUT2D eigenvalue weighted by atomic mass is 9.79. The normalized spacial score (nSPS) is 20.6. The van der Waals surface area contributed by atoms with Crippen LogP contribution in [0.15, 0.2) is 24.3 Å². The fraction of sp³-hybridized carbons (Fsp3) is 0.529. The summed E-state index contributed by atoms with van der Waals surface area (Å²) in [5.74, 6) is 0.148. The molecular formula is C17H21NO4. The maximum Gasteiger partial charge on any atom is 0.332 e. The summed E-state index contributed by atoms with van der Waals surface area (Å²) in [6.07, 6.45) is 4.38. The van der Waals surface area contributed by atoms with Crippen LogP contribution in [0.4, 0.5) is 0 Å². The molecule has 1 spiro atoms. The van der Waals surface area contributed by atoms with Crippen molar-refractivity contribution in [1.82, 2.24) is 4.90 Å². The Hall–Kier alpha value is -2.04. The second-order valence-electron chi connectivity index (χ2n) is 5.89. The van der Waals surface area contributed by atoms with Gasteiger partial charge in [0.1, 0.15) is 17.9 Å². The van der Waals surface area contributed by atoms with Gasteiger partial charge in [-0.25, -0.2) is 4.79 Å². The monoisotopic (exact) mass is 303 g/mol. The van der Waals surface area contributed by atoms with Gasteiger partial charge in [0.25, 0.3) is 5.91 Å². The molecule has 0 unspecified atom stereocenters. The summed E-state index contributed by atoms with van der Waals surface area (Å²) in [6, 6.07) is 7.16. The van der Waals surface area contributed by atoms with Crippen LogP contribution in [0, 0.1) is 0 Å². The van der Waals surface area contributed by atoms with Crippen LogP contribution in [0.5, 0.6) is 5.75 Å². The number of ether oxygens (including phenoxy) is 2. The Bertz CT molecular complexity index is 578. The number of para-hydroxylation sites is 1. The van der Waals surface area contributed by atoms with Crippen LogP contribution < -0.4 is 4.74 Å². The standard InChI is InChI=1S/C17H21NO4/c1-21-14-8-4-3-7-13(14)15(19)18-11-12-22-16(20)17(18)9-5-2-6-10-17/h3-4,7-8H,2,5-6,9-12H2,1H3. The number of benzene rings is 1. The van der Waals surface area contributed by atoms with Crippen molar-refractivity contribution in [2.24, 2.45) is 0 Å².